The Morgan fingerprint density at radius 1 is 0.939 bits per heavy atom. The fourth-order valence-electron chi connectivity index (χ4n) is 4.79. The van der Waals surface area contributed by atoms with E-state index in [0.717, 1.165) is 52.3 Å². The normalized spacial score (nSPS) is 15.5. The van der Waals surface area contributed by atoms with Gasteiger partial charge >= 0.3 is 5.97 Å². The van der Waals surface area contributed by atoms with Gasteiger partial charge in [0.15, 0.2) is 0 Å². The molecule has 5 rings (SSSR count). The highest BCUT2D eigenvalue weighted by atomic mass is 16.5. The lowest BCUT2D eigenvalue weighted by atomic mass is 9.97. The Balaban J connectivity index is 1.49. The number of rotatable bonds is 6. The number of hydrogen-bond donors (Lipinski definition) is 2. The number of para-hydroxylation sites is 1. The predicted octanol–water partition coefficient (Wildman–Crippen LogP) is 4.79. The van der Waals surface area contributed by atoms with Crippen molar-refractivity contribution in [3.63, 3.8) is 0 Å². The van der Waals surface area contributed by atoms with E-state index < -0.39 is 12.0 Å². The largest absolute Gasteiger partial charge is 0.497 e. The first-order chi connectivity index (χ1) is 16.2. The highest BCUT2D eigenvalue weighted by Crippen LogP contribution is 2.38. The lowest BCUT2D eigenvalue weighted by molar-refractivity contribution is -0.143. The molecule has 0 aliphatic carbocycles. The van der Waals surface area contributed by atoms with E-state index in [1.807, 2.05) is 72.8 Å². The van der Waals surface area contributed by atoms with E-state index >= 15 is 0 Å². The van der Waals surface area contributed by atoms with Crippen LogP contribution in [0.1, 0.15) is 11.6 Å². The van der Waals surface area contributed by atoms with Gasteiger partial charge in [0.05, 0.1) is 12.8 Å². The van der Waals surface area contributed by atoms with E-state index in [9.17, 15) is 9.90 Å². The van der Waals surface area contributed by atoms with Crippen molar-refractivity contribution in [3.8, 4) is 17.0 Å². The van der Waals surface area contributed by atoms with Crippen molar-refractivity contribution in [1.82, 2.24) is 9.88 Å². The zero-order valence-corrected chi connectivity index (χ0v) is 18.6. The average Bonchev–Trinajstić information content (AvgIpc) is 3.24. The fraction of sp³-hybridized carbons (Fsp3) is 0.222. The van der Waals surface area contributed by atoms with Crippen LogP contribution in [0.5, 0.6) is 5.75 Å². The minimum Gasteiger partial charge on any atom is -0.497 e. The maximum atomic E-state index is 12.7. The van der Waals surface area contributed by atoms with Gasteiger partial charge in [-0.15, -0.1) is 0 Å². The minimum absolute atomic E-state index is 0.655. The van der Waals surface area contributed by atoms with Crippen LogP contribution in [0.3, 0.4) is 0 Å². The number of anilines is 1. The summed E-state index contributed by atoms with van der Waals surface area (Å²) in [5.74, 6) is -0.00333. The summed E-state index contributed by atoms with van der Waals surface area (Å²) in [4.78, 5) is 20.5. The van der Waals surface area contributed by atoms with Gasteiger partial charge < -0.3 is 19.7 Å². The second-order valence-corrected chi connectivity index (χ2v) is 8.29. The van der Waals surface area contributed by atoms with Crippen molar-refractivity contribution in [2.24, 2.45) is 0 Å². The van der Waals surface area contributed by atoms with Crippen molar-refractivity contribution in [1.29, 1.82) is 0 Å². The van der Waals surface area contributed by atoms with Gasteiger partial charge in [0.2, 0.25) is 0 Å². The van der Waals surface area contributed by atoms with E-state index in [1.165, 1.54) is 0 Å². The first-order valence-corrected chi connectivity index (χ1v) is 11.2. The second kappa shape index (κ2) is 9.00. The molecule has 2 N–H and O–H groups in total. The number of aromatic amines is 1. The summed E-state index contributed by atoms with van der Waals surface area (Å²) in [7, 11) is 1.67. The van der Waals surface area contributed by atoms with Crippen LogP contribution >= 0.6 is 0 Å². The first-order valence-electron chi connectivity index (χ1n) is 11.2. The Kier molecular flexibility index (Phi) is 5.75. The molecule has 0 bridgehead atoms. The number of carboxylic acids is 1. The second-order valence-electron chi connectivity index (χ2n) is 8.29. The summed E-state index contributed by atoms with van der Waals surface area (Å²) in [6.07, 6.45) is 0. The quantitative estimate of drug-likeness (QED) is 0.450. The van der Waals surface area contributed by atoms with Crippen LogP contribution in [0, 0.1) is 0 Å². The number of hydrogen-bond acceptors (Lipinski definition) is 4. The molecule has 1 atom stereocenters. The van der Waals surface area contributed by atoms with Crippen molar-refractivity contribution < 1.29 is 14.6 Å². The third-order valence-electron chi connectivity index (χ3n) is 6.41. The van der Waals surface area contributed by atoms with Crippen LogP contribution in [0.25, 0.3) is 22.2 Å². The summed E-state index contributed by atoms with van der Waals surface area (Å²) in [6.45, 7) is 2.81. The van der Waals surface area contributed by atoms with Crippen molar-refractivity contribution in [3.05, 3.63) is 84.4 Å². The van der Waals surface area contributed by atoms with Gasteiger partial charge in [-0.25, -0.2) is 0 Å². The van der Waals surface area contributed by atoms with Crippen LogP contribution in [0.2, 0.25) is 0 Å². The van der Waals surface area contributed by atoms with E-state index in [2.05, 4.69) is 20.9 Å². The molecule has 0 saturated carbocycles. The number of benzene rings is 3. The topological polar surface area (TPSA) is 68.8 Å². The zero-order valence-electron chi connectivity index (χ0n) is 18.6. The van der Waals surface area contributed by atoms with Gasteiger partial charge in [-0.1, -0.05) is 54.6 Å². The Hall–Kier alpha value is -3.77. The summed E-state index contributed by atoms with van der Waals surface area (Å²) in [5, 5.41) is 11.4. The Morgan fingerprint density at radius 2 is 1.67 bits per heavy atom. The number of H-pyrrole nitrogens is 1. The SMILES string of the molecule is COc1cccc(N2CCN([C@H](C(=O)O)c3c(-c4ccccc4)[nH]c4ccccc34)CC2)c1. The van der Waals surface area contributed by atoms with Gasteiger partial charge in [-0.2, -0.15) is 0 Å². The molecular weight excluding hydrogens is 414 g/mol. The molecular formula is C27H27N3O3. The van der Waals surface area contributed by atoms with Crippen LogP contribution in [0.4, 0.5) is 5.69 Å². The molecule has 168 valence electrons. The van der Waals surface area contributed by atoms with E-state index in [1.54, 1.807) is 7.11 Å². The lowest BCUT2D eigenvalue weighted by Crippen LogP contribution is -2.49. The molecule has 1 aliphatic rings. The predicted molar refractivity (Wildman–Crippen MR) is 131 cm³/mol. The molecule has 2 heterocycles. The standard InChI is InChI=1S/C27H27N3O3/c1-33-21-11-7-10-20(18-21)29-14-16-30(17-15-29)26(27(31)32)24-22-12-5-6-13-23(22)28-25(24)19-8-3-2-4-9-19/h2-13,18,26,28H,14-17H2,1H3,(H,31,32)/t26-/m0/s1. The highest BCUT2D eigenvalue weighted by Gasteiger charge is 2.34. The zero-order chi connectivity index (χ0) is 22.8. The van der Waals surface area contributed by atoms with Crippen LogP contribution in [0.15, 0.2) is 78.9 Å². The number of piperazine rings is 1. The Bertz CT molecular complexity index is 1260. The summed E-state index contributed by atoms with van der Waals surface area (Å²) in [5.41, 5.74) is 4.74. The third kappa shape index (κ3) is 4.05. The molecule has 6 heteroatoms. The molecule has 4 aromatic rings. The summed E-state index contributed by atoms with van der Waals surface area (Å²) < 4.78 is 5.36. The number of ether oxygens (including phenoxy) is 1. The molecule has 1 fully saturated rings. The summed E-state index contributed by atoms with van der Waals surface area (Å²) in [6, 6.07) is 25.2. The highest BCUT2D eigenvalue weighted by molar-refractivity contribution is 5.95. The third-order valence-corrected chi connectivity index (χ3v) is 6.41. The number of methoxy groups -OCH3 is 1. The number of nitrogens with one attached hydrogen (secondary N) is 1. The Morgan fingerprint density at radius 3 is 2.39 bits per heavy atom. The molecule has 1 saturated heterocycles. The number of aliphatic carboxylic acids is 1. The van der Waals surface area contributed by atoms with E-state index in [-0.39, 0.29) is 0 Å². The number of nitrogens with zero attached hydrogens (tertiary/aromatic N) is 2. The first kappa shape index (κ1) is 21.1. The smallest absolute Gasteiger partial charge is 0.325 e. The molecule has 1 aliphatic heterocycles. The van der Waals surface area contributed by atoms with Gasteiger partial charge in [0.1, 0.15) is 11.8 Å². The molecule has 3 aromatic carbocycles. The number of aromatic nitrogens is 1. The molecule has 0 unspecified atom stereocenters. The molecule has 33 heavy (non-hydrogen) atoms. The maximum Gasteiger partial charge on any atom is 0.325 e. The maximum absolute atomic E-state index is 12.7. The number of fused-ring (bicyclic) bond motifs is 1. The molecule has 0 amide bonds. The average molecular weight is 442 g/mol. The van der Waals surface area contributed by atoms with Crippen molar-refractivity contribution in [2.45, 2.75) is 6.04 Å². The van der Waals surface area contributed by atoms with Gasteiger partial charge in [-0.3, -0.25) is 9.69 Å². The molecule has 0 spiro atoms. The Labute approximate surface area is 193 Å². The van der Waals surface area contributed by atoms with E-state index in [0.29, 0.717) is 13.1 Å². The van der Waals surface area contributed by atoms with Gasteiger partial charge in [0, 0.05) is 54.4 Å². The van der Waals surface area contributed by atoms with Crippen LogP contribution in [-0.2, 0) is 4.79 Å². The minimum atomic E-state index is -0.827. The molecule has 1 aromatic heterocycles. The molecule has 0 radical (unpaired) electrons. The summed E-state index contributed by atoms with van der Waals surface area (Å²) >= 11 is 0. The van der Waals surface area contributed by atoms with Gasteiger partial charge in [-0.05, 0) is 23.8 Å². The van der Waals surface area contributed by atoms with Crippen LogP contribution in [-0.4, -0.2) is 54.2 Å². The number of carbonyl (C=O) groups is 1. The van der Waals surface area contributed by atoms with Gasteiger partial charge in [0.25, 0.3) is 0 Å². The number of carboxylic acid groups (broad SMARTS) is 1. The fourth-order valence-corrected chi connectivity index (χ4v) is 4.79. The van der Waals surface area contributed by atoms with E-state index in [4.69, 9.17) is 4.74 Å². The van der Waals surface area contributed by atoms with Crippen molar-refractivity contribution >= 4 is 22.6 Å². The lowest BCUT2D eigenvalue weighted by Gasteiger charge is -2.39. The van der Waals surface area contributed by atoms with Crippen molar-refractivity contribution in [2.75, 3.05) is 38.2 Å². The molecule has 6 nitrogen and oxygen atoms in total. The monoisotopic (exact) mass is 441 g/mol. The van der Waals surface area contributed by atoms with Crippen LogP contribution < -0.4 is 9.64 Å².